The molecule has 8 heteroatoms. The molecule has 1 fully saturated rings. The normalized spacial score (nSPS) is 13.9. The van der Waals surface area contributed by atoms with Gasteiger partial charge in [-0.05, 0) is 35.6 Å². The molecule has 6 nitrogen and oxygen atoms in total. The first kappa shape index (κ1) is 25.7. The Morgan fingerprint density at radius 2 is 1.73 bits per heavy atom. The van der Waals surface area contributed by atoms with E-state index in [2.05, 4.69) is 55.4 Å². The molecule has 1 aromatic heterocycles. The lowest BCUT2D eigenvalue weighted by molar-refractivity contribution is 0.377. The number of hydrogen-bond acceptors (Lipinski definition) is 4. The van der Waals surface area contributed by atoms with Crippen molar-refractivity contribution in [3.8, 4) is 11.3 Å². The predicted octanol–water partition coefficient (Wildman–Crippen LogP) is 4.33. The minimum Gasteiger partial charge on any atom is -0.370 e. The highest BCUT2D eigenvalue weighted by Crippen LogP contribution is 2.33. The molecule has 3 N–H and O–H groups in total. The number of nitrogens with one attached hydrogen (secondary N) is 1. The Labute approximate surface area is 191 Å². The first-order valence-electron chi connectivity index (χ1n) is 9.64. The number of hydrogen-bond donors (Lipinski definition) is 2. The number of anilines is 1. The van der Waals surface area contributed by atoms with Gasteiger partial charge in [-0.1, -0.05) is 45.1 Å². The third kappa shape index (κ3) is 5.64. The largest absolute Gasteiger partial charge is 0.370 e. The number of aromatic nitrogens is 2. The number of rotatable bonds is 3. The fourth-order valence-electron chi connectivity index (χ4n) is 3.51. The van der Waals surface area contributed by atoms with Crippen LogP contribution in [0.15, 0.2) is 37.0 Å². The van der Waals surface area contributed by atoms with Gasteiger partial charge in [-0.25, -0.2) is 9.97 Å². The van der Waals surface area contributed by atoms with Gasteiger partial charge in [0, 0.05) is 37.9 Å². The van der Waals surface area contributed by atoms with Crippen LogP contribution in [0.5, 0.6) is 0 Å². The van der Waals surface area contributed by atoms with Gasteiger partial charge in [0.05, 0.1) is 5.69 Å². The van der Waals surface area contributed by atoms with E-state index in [1.165, 1.54) is 11.1 Å². The van der Waals surface area contributed by atoms with Crippen LogP contribution < -0.4 is 10.6 Å². The molecule has 1 aromatic carbocycles. The maximum atomic E-state index is 7.57. The zero-order valence-corrected chi connectivity index (χ0v) is 19.7. The summed E-state index contributed by atoms with van der Waals surface area (Å²) in [5, 5.41) is 7.57. The van der Waals surface area contributed by atoms with Crippen molar-refractivity contribution in [3.63, 3.8) is 0 Å². The summed E-state index contributed by atoms with van der Waals surface area (Å²) in [6.45, 7) is 15.8. The van der Waals surface area contributed by atoms with Gasteiger partial charge in [0.25, 0.3) is 0 Å². The number of nitrogens with two attached hydrogens (primary N) is 1. The Hall–Kier alpha value is -2.31. The monoisotopic (exact) mass is 450 g/mol. The highest BCUT2D eigenvalue weighted by molar-refractivity contribution is 5.85. The van der Waals surface area contributed by atoms with Crippen molar-refractivity contribution in [2.24, 2.45) is 5.73 Å². The Kier molecular flexibility index (Phi) is 8.69. The number of allylic oxidation sites excluding steroid dienone is 1. The van der Waals surface area contributed by atoms with Crippen molar-refractivity contribution in [2.75, 3.05) is 31.1 Å². The summed E-state index contributed by atoms with van der Waals surface area (Å²) in [7, 11) is 0. The number of benzene rings is 1. The number of halogens is 2. The first-order valence-corrected chi connectivity index (χ1v) is 9.64. The van der Waals surface area contributed by atoms with Gasteiger partial charge in [-0.15, -0.1) is 24.8 Å². The van der Waals surface area contributed by atoms with Crippen molar-refractivity contribution >= 4 is 42.3 Å². The van der Waals surface area contributed by atoms with Crippen LogP contribution in [0.2, 0.25) is 0 Å². The molecule has 0 amide bonds. The van der Waals surface area contributed by atoms with Gasteiger partial charge < -0.3 is 15.5 Å². The van der Waals surface area contributed by atoms with E-state index in [0.717, 1.165) is 35.9 Å². The quantitative estimate of drug-likeness (QED) is 0.536. The molecule has 3 rings (SSSR count). The van der Waals surface area contributed by atoms with Crippen LogP contribution in [0.1, 0.15) is 38.8 Å². The third-order valence-corrected chi connectivity index (χ3v) is 5.13. The van der Waals surface area contributed by atoms with Gasteiger partial charge in [-0.2, -0.15) is 0 Å². The minimum absolute atomic E-state index is 0. The average Bonchev–Trinajstić information content (AvgIpc) is 2.67. The van der Waals surface area contributed by atoms with Crippen LogP contribution in [-0.4, -0.2) is 47.0 Å². The van der Waals surface area contributed by atoms with Crippen molar-refractivity contribution in [1.82, 2.24) is 14.9 Å². The smallest absolute Gasteiger partial charge is 0.225 e. The molecule has 0 atom stereocenters. The second kappa shape index (κ2) is 10.1. The molecule has 0 radical (unpaired) electrons. The zero-order valence-electron chi connectivity index (χ0n) is 18.1. The van der Waals surface area contributed by atoms with Gasteiger partial charge in [0.2, 0.25) is 5.95 Å². The molecule has 2 aromatic rings. The van der Waals surface area contributed by atoms with Gasteiger partial charge in [-0.3, -0.25) is 5.41 Å². The number of piperazine rings is 1. The van der Waals surface area contributed by atoms with Crippen LogP contribution in [0.4, 0.5) is 5.95 Å². The molecular weight excluding hydrogens is 419 g/mol. The molecule has 0 saturated carbocycles. The predicted molar refractivity (Wildman–Crippen MR) is 131 cm³/mol. The SMILES string of the molecule is C=C(C)c1ccc(-c2ccnc(N3CCN(C(=N)N)CC3)n2)cc1C(C)(C)C.Cl.Cl. The zero-order chi connectivity index (χ0) is 20.5. The second-order valence-electron chi connectivity index (χ2n) is 8.39. The fraction of sp³-hybridized carbons (Fsp3) is 0.409. The molecule has 0 spiro atoms. The highest BCUT2D eigenvalue weighted by atomic mass is 35.5. The topological polar surface area (TPSA) is 82.1 Å². The van der Waals surface area contributed by atoms with Crippen molar-refractivity contribution in [3.05, 3.63) is 48.2 Å². The van der Waals surface area contributed by atoms with Crippen molar-refractivity contribution in [2.45, 2.75) is 33.1 Å². The molecule has 1 saturated heterocycles. The molecule has 0 bridgehead atoms. The highest BCUT2D eigenvalue weighted by Gasteiger charge is 2.21. The summed E-state index contributed by atoms with van der Waals surface area (Å²) < 4.78 is 0. The number of nitrogens with zero attached hydrogens (tertiary/aromatic N) is 4. The summed E-state index contributed by atoms with van der Waals surface area (Å²) >= 11 is 0. The lowest BCUT2D eigenvalue weighted by atomic mass is 9.81. The van der Waals surface area contributed by atoms with E-state index in [-0.39, 0.29) is 36.2 Å². The van der Waals surface area contributed by atoms with Gasteiger partial charge >= 0.3 is 0 Å². The van der Waals surface area contributed by atoms with E-state index in [0.29, 0.717) is 13.1 Å². The molecule has 0 unspecified atom stereocenters. The third-order valence-electron chi connectivity index (χ3n) is 5.13. The lowest BCUT2D eigenvalue weighted by Crippen LogP contribution is -2.51. The summed E-state index contributed by atoms with van der Waals surface area (Å²) in [4.78, 5) is 13.3. The summed E-state index contributed by atoms with van der Waals surface area (Å²) in [6, 6.07) is 8.44. The van der Waals surface area contributed by atoms with E-state index < -0.39 is 0 Å². The Balaban J connectivity index is 0.00000225. The van der Waals surface area contributed by atoms with Crippen molar-refractivity contribution < 1.29 is 0 Å². The minimum atomic E-state index is 0. The van der Waals surface area contributed by atoms with Gasteiger partial charge in [0.15, 0.2) is 5.96 Å². The molecule has 30 heavy (non-hydrogen) atoms. The molecule has 2 heterocycles. The van der Waals surface area contributed by atoms with Gasteiger partial charge in [0.1, 0.15) is 0 Å². The summed E-state index contributed by atoms with van der Waals surface area (Å²) in [5.74, 6) is 0.851. The molecule has 1 aliphatic rings. The maximum absolute atomic E-state index is 7.57. The van der Waals surface area contributed by atoms with E-state index >= 15 is 0 Å². The van der Waals surface area contributed by atoms with Crippen LogP contribution in [0.25, 0.3) is 16.8 Å². The fourth-order valence-corrected chi connectivity index (χ4v) is 3.51. The molecule has 0 aliphatic carbocycles. The second-order valence-corrected chi connectivity index (χ2v) is 8.39. The maximum Gasteiger partial charge on any atom is 0.225 e. The van der Waals surface area contributed by atoms with Crippen LogP contribution >= 0.6 is 24.8 Å². The average molecular weight is 451 g/mol. The summed E-state index contributed by atoms with van der Waals surface area (Å²) in [6.07, 6.45) is 1.82. The molecule has 1 aliphatic heterocycles. The van der Waals surface area contributed by atoms with E-state index in [1.54, 1.807) is 0 Å². The van der Waals surface area contributed by atoms with E-state index in [9.17, 15) is 0 Å². The van der Waals surface area contributed by atoms with Crippen LogP contribution in [0, 0.1) is 5.41 Å². The Morgan fingerprint density at radius 3 is 2.27 bits per heavy atom. The summed E-state index contributed by atoms with van der Waals surface area (Å²) in [5.41, 5.74) is 11.1. The lowest BCUT2D eigenvalue weighted by Gasteiger charge is -2.34. The standard InChI is InChI=1S/C22H30N6.2ClH/c1-15(2)17-7-6-16(14-18(17)22(3,4)5)19-8-9-25-21(26-19)28-12-10-27(11-13-28)20(23)24;;/h6-9,14H,1,10-13H2,2-5H3,(H3,23,24);2*1H. The molecule has 164 valence electrons. The van der Waals surface area contributed by atoms with Crippen LogP contribution in [0.3, 0.4) is 0 Å². The van der Waals surface area contributed by atoms with E-state index in [4.69, 9.17) is 16.1 Å². The van der Waals surface area contributed by atoms with E-state index in [1.807, 2.05) is 24.1 Å². The Morgan fingerprint density at radius 1 is 1.10 bits per heavy atom. The number of guanidine groups is 1. The van der Waals surface area contributed by atoms with Crippen molar-refractivity contribution in [1.29, 1.82) is 5.41 Å². The molecular formula is C22H32Cl2N6. The van der Waals surface area contributed by atoms with Crippen LogP contribution in [-0.2, 0) is 5.41 Å². The first-order chi connectivity index (χ1) is 13.2. The Bertz CT molecular complexity index is 899.